The average Bonchev–Trinajstić information content (AvgIpc) is 2.41. The van der Waals surface area contributed by atoms with Crippen molar-refractivity contribution >= 4 is 21.9 Å². The number of piperidine rings is 1. The smallest absolute Gasteiger partial charge is 0.335 e. The standard InChI is InChI=1S/C15H21BrN2O2/c1-17-7-5-13(6-8-17)18(2)10-12-4-3-11(15(19)20)9-14(12)16/h3-4,9,13H,5-8,10H2,1-2H3,(H,19,20). The number of halogens is 1. The molecule has 1 aromatic carbocycles. The van der Waals surface area contributed by atoms with Gasteiger partial charge in [-0.2, -0.15) is 0 Å². The molecular formula is C15H21BrN2O2. The zero-order chi connectivity index (χ0) is 14.7. The highest BCUT2D eigenvalue weighted by atomic mass is 79.9. The van der Waals surface area contributed by atoms with E-state index in [0.29, 0.717) is 11.6 Å². The molecule has 1 saturated heterocycles. The summed E-state index contributed by atoms with van der Waals surface area (Å²) in [6.45, 7) is 3.14. The van der Waals surface area contributed by atoms with Crippen LogP contribution in [0.2, 0.25) is 0 Å². The molecule has 1 fully saturated rings. The van der Waals surface area contributed by atoms with Crippen molar-refractivity contribution in [2.24, 2.45) is 0 Å². The number of carboxylic acids is 1. The van der Waals surface area contributed by atoms with Gasteiger partial charge in [0.15, 0.2) is 0 Å². The molecule has 0 spiro atoms. The van der Waals surface area contributed by atoms with Crippen LogP contribution in [0.3, 0.4) is 0 Å². The zero-order valence-corrected chi connectivity index (χ0v) is 13.6. The van der Waals surface area contributed by atoms with Crippen LogP contribution in [0, 0.1) is 0 Å². The largest absolute Gasteiger partial charge is 0.478 e. The molecule has 0 radical (unpaired) electrons. The number of hydrogen-bond donors (Lipinski definition) is 1. The fourth-order valence-electron chi connectivity index (χ4n) is 2.64. The Hall–Kier alpha value is -0.910. The molecule has 1 aliphatic rings. The van der Waals surface area contributed by atoms with Gasteiger partial charge in [-0.25, -0.2) is 4.79 Å². The molecule has 0 amide bonds. The third-order valence-corrected chi connectivity index (χ3v) is 4.77. The number of carbonyl (C=O) groups is 1. The fraction of sp³-hybridized carbons (Fsp3) is 0.533. The summed E-state index contributed by atoms with van der Waals surface area (Å²) in [4.78, 5) is 15.7. The van der Waals surface area contributed by atoms with Gasteiger partial charge in [-0.05, 0) is 57.7 Å². The topological polar surface area (TPSA) is 43.8 Å². The van der Waals surface area contributed by atoms with Gasteiger partial charge in [0.2, 0.25) is 0 Å². The number of benzene rings is 1. The Kier molecular flexibility index (Phi) is 5.18. The molecule has 1 N–H and O–H groups in total. The molecule has 1 heterocycles. The molecule has 2 rings (SSSR count). The van der Waals surface area contributed by atoms with E-state index >= 15 is 0 Å². The third kappa shape index (κ3) is 3.81. The highest BCUT2D eigenvalue weighted by molar-refractivity contribution is 9.10. The molecule has 0 atom stereocenters. The highest BCUT2D eigenvalue weighted by Gasteiger charge is 2.21. The molecule has 0 saturated carbocycles. The lowest BCUT2D eigenvalue weighted by Crippen LogP contribution is -2.41. The minimum atomic E-state index is -0.888. The molecular weight excluding hydrogens is 320 g/mol. The molecule has 1 aliphatic heterocycles. The Balaban J connectivity index is 2.00. The van der Waals surface area contributed by atoms with Crippen LogP contribution < -0.4 is 0 Å². The number of likely N-dealkylation sites (tertiary alicyclic amines) is 1. The zero-order valence-electron chi connectivity index (χ0n) is 12.0. The molecule has 4 nitrogen and oxygen atoms in total. The lowest BCUT2D eigenvalue weighted by Gasteiger charge is -2.35. The molecule has 0 aromatic heterocycles. The van der Waals surface area contributed by atoms with Crippen molar-refractivity contribution < 1.29 is 9.90 Å². The SMILES string of the molecule is CN1CCC(N(C)Cc2ccc(C(=O)O)cc2Br)CC1. The number of aromatic carboxylic acids is 1. The second kappa shape index (κ2) is 6.70. The third-order valence-electron chi connectivity index (χ3n) is 4.03. The van der Waals surface area contributed by atoms with Crippen molar-refractivity contribution in [1.29, 1.82) is 0 Å². The summed E-state index contributed by atoms with van der Waals surface area (Å²) in [6, 6.07) is 5.86. The van der Waals surface area contributed by atoms with E-state index in [1.165, 1.54) is 12.8 Å². The van der Waals surface area contributed by atoms with Crippen molar-refractivity contribution in [2.75, 3.05) is 27.2 Å². The summed E-state index contributed by atoms with van der Waals surface area (Å²) in [6.07, 6.45) is 2.38. The van der Waals surface area contributed by atoms with Gasteiger partial charge in [-0.15, -0.1) is 0 Å². The first-order valence-electron chi connectivity index (χ1n) is 6.88. The summed E-state index contributed by atoms with van der Waals surface area (Å²) in [5.41, 5.74) is 1.46. The summed E-state index contributed by atoms with van der Waals surface area (Å²) in [5, 5.41) is 8.97. The lowest BCUT2D eigenvalue weighted by molar-refractivity contribution is 0.0696. The van der Waals surface area contributed by atoms with Crippen LogP contribution in [-0.4, -0.2) is 54.1 Å². The van der Waals surface area contributed by atoms with E-state index in [1.807, 2.05) is 6.07 Å². The maximum Gasteiger partial charge on any atom is 0.335 e. The monoisotopic (exact) mass is 340 g/mol. The van der Waals surface area contributed by atoms with Crippen LogP contribution in [0.1, 0.15) is 28.8 Å². The van der Waals surface area contributed by atoms with Gasteiger partial charge in [-0.3, -0.25) is 4.90 Å². The molecule has 5 heteroatoms. The minimum Gasteiger partial charge on any atom is -0.478 e. The Morgan fingerprint density at radius 3 is 2.65 bits per heavy atom. The second-order valence-electron chi connectivity index (χ2n) is 5.56. The minimum absolute atomic E-state index is 0.322. The van der Waals surface area contributed by atoms with E-state index in [2.05, 4.69) is 39.8 Å². The molecule has 20 heavy (non-hydrogen) atoms. The van der Waals surface area contributed by atoms with E-state index < -0.39 is 5.97 Å². The molecule has 1 aromatic rings. The lowest BCUT2D eigenvalue weighted by atomic mass is 10.0. The summed E-state index contributed by atoms with van der Waals surface area (Å²) in [7, 11) is 4.31. The highest BCUT2D eigenvalue weighted by Crippen LogP contribution is 2.23. The van der Waals surface area contributed by atoms with Gasteiger partial charge in [0.1, 0.15) is 0 Å². The van der Waals surface area contributed by atoms with E-state index in [-0.39, 0.29) is 0 Å². The fourth-order valence-corrected chi connectivity index (χ4v) is 3.15. The summed E-state index contributed by atoms with van der Waals surface area (Å²) < 4.78 is 0.872. The van der Waals surface area contributed by atoms with Crippen LogP contribution in [0.4, 0.5) is 0 Å². The average molecular weight is 341 g/mol. The Morgan fingerprint density at radius 2 is 2.10 bits per heavy atom. The predicted octanol–water partition coefficient (Wildman–Crippen LogP) is 2.67. The number of carboxylic acid groups (broad SMARTS) is 1. The number of hydrogen-bond acceptors (Lipinski definition) is 3. The first-order chi connectivity index (χ1) is 9.47. The van der Waals surface area contributed by atoms with E-state index in [9.17, 15) is 4.79 Å². The second-order valence-corrected chi connectivity index (χ2v) is 6.42. The van der Waals surface area contributed by atoms with Crippen molar-refractivity contribution in [3.63, 3.8) is 0 Å². The van der Waals surface area contributed by atoms with Crippen molar-refractivity contribution in [1.82, 2.24) is 9.80 Å². The van der Waals surface area contributed by atoms with E-state index in [0.717, 1.165) is 29.7 Å². The predicted molar refractivity (Wildman–Crippen MR) is 83.1 cm³/mol. The van der Waals surface area contributed by atoms with Crippen molar-refractivity contribution in [2.45, 2.75) is 25.4 Å². The Bertz CT molecular complexity index is 485. The van der Waals surface area contributed by atoms with Gasteiger partial charge in [0, 0.05) is 17.1 Å². The maximum absolute atomic E-state index is 10.9. The first kappa shape index (κ1) is 15.5. The van der Waals surface area contributed by atoms with Crippen LogP contribution in [0.15, 0.2) is 22.7 Å². The van der Waals surface area contributed by atoms with E-state index in [4.69, 9.17) is 5.11 Å². The maximum atomic E-state index is 10.9. The van der Waals surface area contributed by atoms with Crippen LogP contribution >= 0.6 is 15.9 Å². The van der Waals surface area contributed by atoms with Gasteiger partial charge in [-0.1, -0.05) is 22.0 Å². The van der Waals surface area contributed by atoms with Crippen LogP contribution in [0.25, 0.3) is 0 Å². The first-order valence-corrected chi connectivity index (χ1v) is 7.67. The normalized spacial score (nSPS) is 17.6. The van der Waals surface area contributed by atoms with Crippen LogP contribution in [0.5, 0.6) is 0 Å². The van der Waals surface area contributed by atoms with Gasteiger partial charge in [0.05, 0.1) is 5.56 Å². The van der Waals surface area contributed by atoms with Crippen molar-refractivity contribution in [3.05, 3.63) is 33.8 Å². The molecule has 0 bridgehead atoms. The molecule has 110 valence electrons. The van der Waals surface area contributed by atoms with Gasteiger partial charge >= 0.3 is 5.97 Å². The van der Waals surface area contributed by atoms with Gasteiger partial charge < -0.3 is 10.0 Å². The number of nitrogens with zero attached hydrogens (tertiary/aromatic N) is 2. The van der Waals surface area contributed by atoms with Crippen LogP contribution in [-0.2, 0) is 6.54 Å². The Morgan fingerprint density at radius 1 is 1.45 bits per heavy atom. The quantitative estimate of drug-likeness (QED) is 0.915. The van der Waals surface area contributed by atoms with Gasteiger partial charge in [0.25, 0.3) is 0 Å². The Labute approximate surface area is 128 Å². The van der Waals surface area contributed by atoms with Crippen molar-refractivity contribution in [3.8, 4) is 0 Å². The molecule has 0 unspecified atom stereocenters. The molecule has 0 aliphatic carbocycles. The summed E-state index contributed by atoms with van der Waals surface area (Å²) >= 11 is 3.48. The number of rotatable bonds is 4. The summed E-state index contributed by atoms with van der Waals surface area (Å²) in [5.74, 6) is -0.888. The van der Waals surface area contributed by atoms with E-state index in [1.54, 1.807) is 12.1 Å².